The summed E-state index contributed by atoms with van der Waals surface area (Å²) < 4.78 is 14.7. The summed E-state index contributed by atoms with van der Waals surface area (Å²) in [7, 11) is 0. The molecule has 2 aliphatic heterocycles. The smallest absolute Gasteiger partial charge is 0.228 e. The van der Waals surface area contributed by atoms with Crippen molar-refractivity contribution < 1.29 is 14.0 Å². The molecule has 0 bridgehead atoms. The second kappa shape index (κ2) is 8.33. The van der Waals surface area contributed by atoms with Crippen molar-refractivity contribution in [3.63, 3.8) is 0 Å². The van der Waals surface area contributed by atoms with Crippen LogP contribution < -0.4 is 9.80 Å². The van der Waals surface area contributed by atoms with Crippen LogP contribution in [0.2, 0.25) is 0 Å². The van der Waals surface area contributed by atoms with Crippen molar-refractivity contribution in [2.45, 2.75) is 6.42 Å². The summed E-state index contributed by atoms with van der Waals surface area (Å²) in [6, 6.07) is 9.46. The van der Waals surface area contributed by atoms with Crippen LogP contribution >= 0.6 is 0 Å². The molecule has 32 heavy (non-hydrogen) atoms. The lowest BCUT2D eigenvalue weighted by Gasteiger charge is -2.36. The zero-order valence-electron chi connectivity index (χ0n) is 17.2. The molecule has 1 aromatic carbocycles. The third-order valence-electron chi connectivity index (χ3n) is 5.82. The van der Waals surface area contributed by atoms with Crippen LogP contribution in [0, 0.1) is 11.7 Å². The van der Waals surface area contributed by atoms with Gasteiger partial charge in [0.05, 0.1) is 5.92 Å². The summed E-state index contributed by atoms with van der Waals surface area (Å²) in [6.07, 6.45) is 3.16. The molecule has 0 radical (unpaired) electrons. The summed E-state index contributed by atoms with van der Waals surface area (Å²) in [4.78, 5) is 34.8. The van der Waals surface area contributed by atoms with Gasteiger partial charge < -0.3 is 14.7 Å². The van der Waals surface area contributed by atoms with Crippen LogP contribution in [0.1, 0.15) is 6.42 Å². The molecule has 0 N–H and O–H groups in total. The lowest BCUT2D eigenvalue weighted by Crippen LogP contribution is -2.51. The van der Waals surface area contributed by atoms with E-state index in [2.05, 4.69) is 25.2 Å². The van der Waals surface area contributed by atoms with Gasteiger partial charge in [0.15, 0.2) is 11.6 Å². The maximum absolute atomic E-state index is 13.2. The minimum Gasteiger partial charge on any atom is -0.352 e. The van der Waals surface area contributed by atoms with E-state index in [-0.39, 0.29) is 30.0 Å². The average molecular weight is 436 g/mol. The Labute approximate surface area is 183 Å². The van der Waals surface area contributed by atoms with Gasteiger partial charge in [0, 0.05) is 44.8 Å². The normalized spacial score (nSPS) is 19.0. The Bertz CT molecular complexity index is 1100. The topological polar surface area (TPSA) is 100 Å². The quantitative estimate of drug-likeness (QED) is 0.599. The second-order valence-electron chi connectivity index (χ2n) is 7.78. The van der Waals surface area contributed by atoms with E-state index < -0.39 is 0 Å². The molecule has 164 valence electrons. The third-order valence-corrected chi connectivity index (χ3v) is 5.82. The number of amides is 2. The SMILES string of the molecule is O=C([C@H]1CC(=O)N(c2ccc(F)cc2)C1)N1CCN(c2ccc(-n3cncn3)nn2)CC1. The fraction of sp³-hybridized carbons (Fsp3) is 0.333. The number of aromatic nitrogens is 5. The molecule has 3 aromatic rings. The van der Waals surface area contributed by atoms with Gasteiger partial charge in [0.2, 0.25) is 11.8 Å². The fourth-order valence-corrected chi connectivity index (χ4v) is 4.09. The van der Waals surface area contributed by atoms with Gasteiger partial charge in [-0.3, -0.25) is 9.59 Å². The summed E-state index contributed by atoms with van der Waals surface area (Å²) in [6.45, 7) is 2.68. The molecular formula is C21H21FN8O2. The molecule has 1 atom stereocenters. The highest BCUT2D eigenvalue weighted by atomic mass is 19.1. The highest BCUT2D eigenvalue weighted by Gasteiger charge is 2.38. The molecule has 0 spiro atoms. The molecule has 2 aromatic heterocycles. The Morgan fingerprint density at radius 1 is 0.969 bits per heavy atom. The van der Waals surface area contributed by atoms with Crippen LogP contribution in [0.5, 0.6) is 0 Å². The van der Waals surface area contributed by atoms with Gasteiger partial charge >= 0.3 is 0 Å². The maximum Gasteiger partial charge on any atom is 0.228 e. The summed E-state index contributed by atoms with van der Waals surface area (Å²) in [5, 5.41) is 12.5. The van der Waals surface area contributed by atoms with Gasteiger partial charge in [-0.15, -0.1) is 10.2 Å². The highest BCUT2D eigenvalue weighted by molar-refractivity contribution is 6.00. The van der Waals surface area contributed by atoms with E-state index in [1.165, 1.54) is 23.1 Å². The van der Waals surface area contributed by atoms with Crippen molar-refractivity contribution in [3.8, 4) is 5.82 Å². The van der Waals surface area contributed by atoms with E-state index in [0.29, 0.717) is 44.2 Å². The predicted octanol–water partition coefficient (Wildman–Crippen LogP) is 0.898. The van der Waals surface area contributed by atoms with Gasteiger partial charge in [-0.2, -0.15) is 5.10 Å². The number of halogens is 1. The predicted molar refractivity (Wildman–Crippen MR) is 113 cm³/mol. The lowest BCUT2D eigenvalue weighted by atomic mass is 10.1. The molecule has 2 amide bonds. The van der Waals surface area contributed by atoms with Crippen LogP contribution in [0.4, 0.5) is 15.9 Å². The van der Waals surface area contributed by atoms with Crippen LogP contribution in [0.25, 0.3) is 5.82 Å². The number of hydrogen-bond donors (Lipinski definition) is 0. The Hall–Kier alpha value is -3.89. The van der Waals surface area contributed by atoms with Gasteiger partial charge in [0.25, 0.3) is 0 Å². The first-order valence-corrected chi connectivity index (χ1v) is 10.4. The Kier molecular flexibility index (Phi) is 5.21. The molecular weight excluding hydrogens is 415 g/mol. The molecule has 2 fully saturated rings. The van der Waals surface area contributed by atoms with Crippen LogP contribution in [-0.4, -0.2) is 74.4 Å². The molecule has 0 unspecified atom stereocenters. The van der Waals surface area contributed by atoms with Gasteiger partial charge in [-0.25, -0.2) is 14.1 Å². The molecule has 11 heteroatoms. The standard InChI is InChI=1S/C21H21FN8O2/c22-16-1-3-17(4-2-16)29-12-15(11-20(29)31)21(32)28-9-7-27(8-10-28)18-5-6-19(26-25-18)30-14-23-13-24-30/h1-6,13-15H,7-12H2/t15-/m0/s1. The van der Waals surface area contributed by atoms with Crippen molar-refractivity contribution >= 4 is 23.3 Å². The number of benzene rings is 1. The van der Waals surface area contributed by atoms with Crippen molar-refractivity contribution in [3.05, 3.63) is 54.9 Å². The van der Waals surface area contributed by atoms with Crippen molar-refractivity contribution in [2.75, 3.05) is 42.5 Å². The lowest BCUT2D eigenvalue weighted by molar-refractivity contribution is -0.136. The van der Waals surface area contributed by atoms with Crippen molar-refractivity contribution in [2.24, 2.45) is 5.92 Å². The van der Waals surface area contributed by atoms with E-state index >= 15 is 0 Å². The largest absolute Gasteiger partial charge is 0.352 e. The second-order valence-corrected chi connectivity index (χ2v) is 7.78. The first-order chi connectivity index (χ1) is 15.6. The van der Waals surface area contributed by atoms with E-state index in [9.17, 15) is 14.0 Å². The zero-order chi connectivity index (χ0) is 22.1. The summed E-state index contributed by atoms with van der Waals surface area (Å²) in [5.41, 5.74) is 0.615. The van der Waals surface area contributed by atoms with E-state index in [4.69, 9.17) is 0 Å². The van der Waals surface area contributed by atoms with Crippen molar-refractivity contribution in [1.82, 2.24) is 29.9 Å². The molecule has 0 saturated carbocycles. The first-order valence-electron chi connectivity index (χ1n) is 10.4. The van der Waals surface area contributed by atoms with Gasteiger partial charge in [-0.1, -0.05) is 0 Å². The number of nitrogens with zero attached hydrogens (tertiary/aromatic N) is 8. The first kappa shape index (κ1) is 20.0. The molecule has 5 rings (SSSR count). The average Bonchev–Trinajstić information content (AvgIpc) is 3.50. The minimum absolute atomic E-state index is 0.0183. The van der Waals surface area contributed by atoms with Crippen LogP contribution in [0.15, 0.2) is 49.1 Å². The monoisotopic (exact) mass is 436 g/mol. The molecule has 2 aliphatic rings. The summed E-state index contributed by atoms with van der Waals surface area (Å²) >= 11 is 0. The van der Waals surface area contributed by atoms with Gasteiger partial charge in [0.1, 0.15) is 18.5 Å². The maximum atomic E-state index is 13.2. The van der Waals surface area contributed by atoms with Gasteiger partial charge in [-0.05, 0) is 36.4 Å². The number of piperazine rings is 1. The highest BCUT2D eigenvalue weighted by Crippen LogP contribution is 2.27. The fourth-order valence-electron chi connectivity index (χ4n) is 4.09. The number of rotatable bonds is 4. The molecule has 0 aliphatic carbocycles. The van der Waals surface area contributed by atoms with Crippen molar-refractivity contribution in [1.29, 1.82) is 0 Å². The Morgan fingerprint density at radius 2 is 1.69 bits per heavy atom. The van der Waals surface area contributed by atoms with E-state index in [1.54, 1.807) is 28.3 Å². The Morgan fingerprint density at radius 3 is 2.34 bits per heavy atom. The number of carbonyl (C=O) groups excluding carboxylic acids is 2. The summed E-state index contributed by atoms with van der Waals surface area (Å²) in [5.74, 6) is 0.437. The number of hydrogen-bond acceptors (Lipinski definition) is 7. The van der Waals surface area contributed by atoms with Crippen LogP contribution in [0.3, 0.4) is 0 Å². The minimum atomic E-state index is -0.388. The number of carbonyl (C=O) groups is 2. The Balaban J connectivity index is 1.18. The van der Waals surface area contributed by atoms with E-state index in [0.717, 1.165) is 5.82 Å². The van der Waals surface area contributed by atoms with E-state index in [1.807, 2.05) is 12.1 Å². The van der Waals surface area contributed by atoms with Crippen LogP contribution in [-0.2, 0) is 9.59 Å². The number of anilines is 2. The zero-order valence-corrected chi connectivity index (χ0v) is 17.2. The molecule has 4 heterocycles. The molecule has 2 saturated heterocycles. The third kappa shape index (κ3) is 3.88. The molecule has 10 nitrogen and oxygen atoms in total.